The van der Waals surface area contributed by atoms with Crippen molar-refractivity contribution in [3.8, 4) is 17.4 Å². The maximum Gasteiger partial charge on any atom is 0.255 e. The summed E-state index contributed by atoms with van der Waals surface area (Å²) in [6.45, 7) is 6.23. The molecule has 2 N–H and O–H groups in total. The summed E-state index contributed by atoms with van der Waals surface area (Å²) in [7, 11) is 1.51. The second kappa shape index (κ2) is 13.9. The molecule has 0 spiro atoms. The highest BCUT2D eigenvalue weighted by Gasteiger charge is 2.34. The Morgan fingerprint density at radius 3 is 2.29 bits per heavy atom. The van der Waals surface area contributed by atoms with Crippen LogP contribution in [0.25, 0.3) is 0 Å². The van der Waals surface area contributed by atoms with Crippen molar-refractivity contribution >= 4 is 29.7 Å². The molecule has 2 fully saturated rings. The molecule has 11 nitrogen and oxygen atoms in total. The van der Waals surface area contributed by atoms with Gasteiger partial charge in [-0.2, -0.15) is 0 Å². The van der Waals surface area contributed by atoms with Crippen molar-refractivity contribution in [3.63, 3.8) is 0 Å². The molecule has 3 amide bonds. The molecule has 4 aromatic rings. The predicted octanol–water partition coefficient (Wildman–Crippen LogP) is 5.61. The van der Waals surface area contributed by atoms with E-state index in [4.69, 9.17) is 9.47 Å². The molecular formula is C38H39N5O6. The molecule has 0 radical (unpaired) electrons. The van der Waals surface area contributed by atoms with Crippen LogP contribution >= 0.6 is 0 Å². The highest BCUT2D eigenvalue weighted by Crippen LogP contribution is 2.35. The summed E-state index contributed by atoms with van der Waals surface area (Å²) >= 11 is 0. The monoisotopic (exact) mass is 661 g/mol. The Balaban J connectivity index is 1.02. The zero-order valence-corrected chi connectivity index (χ0v) is 27.9. The highest BCUT2D eigenvalue weighted by atomic mass is 16.5. The summed E-state index contributed by atoms with van der Waals surface area (Å²) in [5, 5.41) is 5.71. The Hall–Kier alpha value is -5.58. The van der Waals surface area contributed by atoms with Crippen LogP contribution in [0.5, 0.6) is 17.4 Å². The average molecular weight is 662 g/mol. The molecule has 1 saturated heterocycles. The number of ether oxygens (including phenoxy) is 2. The number of aryl methyl sites for hydroxylation is 1. The number of likely N-dealkylation sites (N-methyl/N-ethyl adjacent to an activating group) is 1. The van der Waals surface area contributed by atoms with E-state index in [0.29, 0.717) is 23.6 Å². The van der Waals surface area contributed by atoms with E-state index < -0.39 is 17.9 Å². The van der Waals surface area contributed by atoms with Crippen LogP contribution in [0.2, 0.25) is 0 Å². The number of nitrogens with one attached hydrogen (secondary N) is 2. The number of rotatable bonds is 11. The second-order valence-electron chi connectivity index (χ2n) is 13.1. The first-order valence-electron chi connectivity index (χ1n) is 16.3. The predicted molar refractivity (Wildman–Crippen MR) is 183 cm³/mol. The van der Waals surface area contributed by atoms with Gasteiger partial charge in [-0.3, -0.25) is 29.5 Å². The molecule has 1 aromatic heterocycles. The van der Waals surface area contributed by atoms with Crippen LogP contribution in [-0.4, -0.2) is 64.1 Å². The Bertz CT molecular complexity index is 1870. The van der Waals surface area contributed by atoms with Gasteiger partial charge in [0.15, 0.2) is 6.29 Å². The topological polar surface area (TPSA) is 140 Å². The van der Waals surface area contributed by atoms with Crippen molar-refractivity contribution in [1.29, 1.82) is 0 Å². The van der Waals surface area contributed by atoms with Crippen LogP contribution in [-0.2, 0) is 15.0 Å². The van der Waals surface area contributed by atoms with Crippen LogP contribution < -0.4 is 20.1 Å². The number of aromatic nitrogens is 2. The van der Waals surface area contributed by atoms with E-state index in [1.165, 1.54) is 11.9 Å². The third-order valence-corrected chi connectivity index (χ3v) is 9.28. The van der Waals surface area contributed by atoms with Crippen LogP contribution in [0, 0.1) is 6.92 Å². The van der Waals surface area contributed by atoms with Crippen LogP contribution in [0.3, 0.4) is 0 Å². The van der Waals surface area contributed by atoms with Gasteiger partial charge in [-0.15, -0.1) is 0 Å². The lowest BCUT2D eigenvalue weighted by molar-refractivity contribution is -0.136. The van der Waals surface area contributed by atoms with Gasteiger partial charge in [0.05, 0.1) is 17.5 Å². The minimum Gasteiger partial charge on any atom is -0.490 e. The van der Waals surface area contributed by atoms with Crippen LogP contribution in [0.15, 0.2) is 79.1 Å². The molecule has 6 rings (SSSR count). The van der Waals surface area contributed by atoms with Gasteiger partial charge in [0, 0.05) is 55.2 Å². The summed E-state index contributed by atoms with van der Waals surface area (Å²) in [5.41, 5.74) is 3.97. The van der Waals surface area contributed by atoms with Crippen molar-refractivity contribution in [2.75, 3.05) is 12.4 Å². The average Bonchev–Trinajstić information content (AvgIpc) is 3.07. The maximum atomic E-state index is 13.3. The lowest BCUT2D eigenvalue weighted by Gasteiger charge is -2.36. The molecule has 1 aliphatic heterocycles. The summed E-state index contributed by atoms with van der Waals surface area (Å²) in [6, 6.07) is 20.5. The number of aldehydes is 1. The number of carbonyl (C=O) groups is 4. The van der Waals surface area contributed by atoms with Crippen molar-refractivity contribution in [3.05, 3.63) is 107 Å². The first kappa shape index (κ1) is 33.3. The Labute approximate surface area is 285 Å². The third kappa shape index (κ3) is 7.45. The summed E-state index contributed by atoms with van der Waals surface area (Å²) in [6.07, 6.45) is 5.87. The Kier molecular flexibility index (Phi) is 9.44. The van der Waals surface area contributed by atoms with Crippen molar-refractivity contribution in [1.82, 2.24) is 20.2 Å². The van der Waals surface area contributed by atoms with E-state index >= 15 is 0 Å². The van der Waals surface area contributed by atoms with Gasteiger partial charge in [-0.1, -0.05) is 38.1 Å². The van der Waals surface area contributed by atoms with Crippen molar-refractivity contribution in [2.24, 2.45) is 0 Å². The fraction of sp³-hybridized carbons (Fsp3) is 0.316. The number of nitrogens with zero attached hydrogens (tertiary/aromatic N) is 3. The maximum absolute atomic E-state index is 13.3. The number of imide groups is 1. The molecule has 1 aliphatic carbocycles. The van der Waals surface area contributed by atoms with Crippen molar-refractivity contribution in [2.45, 2.75) is 70.1 Å². The van der Waals surface area contributed by atoms with Gasteiger partial charge in [0.1, 0.15) is 23.6 Å². The number of hydrogen-bond acceptors (Lipinski definition) is 9. The number of benzene rings is 3. The van der Waals surface area contributed by atoms with Gasteiger partial charge in [0.25, 0.3) is 5.91 Å². The third-order valence-electron chi connectivity index (χ3n) is 9.28. The molecule has 1 unspecified atom stereocenters. The van der Waals surface area contributed by atoms with Crippen LogP contribution in [0.4, 0.5) is 5.69 Å². The zero-order chi connectivity index (χ0) is 34.7. The first-order valence-corrected chi connectivity index (χ1v) is 16.3. The lowest BCUT2D eigenvalue weighted by atomic mass is 9.78. The molecule has 1 atom stereocenters. The standard InChI is InChI=1S/C38H39N5O6/c1-23-20-39-21-35(40-23)49-30-13-8-26(9-14-30)38(2,3)25-6-11-29(12-7-25)48-31-17-28(18-31)41-27-10-5-24(22-44)32(19-27)37(47)43(4)33-15-16-34(45)42-36(33)46/h5-14,19-22,28,31,33,41H,15-18H2,1-4H3,(H,42,45,46). The van der Waals surface area contributed by atoms with E-state index in [2.05, 4.69) is 58.7 Å². The van der Waals surface area contributed by atoms with E-state index in [1.807, 2.05) is 31.2 Å². The fourth-order valence-corrected chi connectivity index (χ4v) is 6.19. The van der Waals surface area contributed by atoms with Crippen LogP contribution in [0.1, 0.15) is 77.1 Å². The summed E-state index contributed by atoms with van der Waals surface area (Å²) in [5.74, 6) is 0.624. The molecule has 2 aliphatic rings. The van der Waals surface area contributed by atoms with E-state index in [9.17, 15) is 19.2 Å². The smallest absolute Gasteiger partial charge is 0.255 e. The van der Waals surface area contributed by atoms with Gasteiger partial charge in [-0.05, 0) is 66.9 Å². The lowest BCUT2D eigenvalue weighted by Crippen LogP contribution is -2.53. The Morgan fingerprint density at radius 1 is 0.980 bits per heavy atom. The number of amides is 3. The SMILES string of the molecule is Cc1cncc(Oc2ccc(C(C)(C)c3ccc(OC4CC(Nc5ccc(C=O)c(C(=O)N(C)C6CCC(=O)NC6=O)c5)C4)cc3)cc2)n1. The highest BCUT2D eigenvalue weighted by molar-refractivity contribution is 6.06. The zero-order valence-electron chi connectivity index (χ0n) is 27.9. The number of carbonyl (C=O) groups excluding carboxylic acids is 4. The normalized spacial score (nSPS) is 18.9. The molecule has 11 heteroatoms. The van der Waals surface area contributed by atoms with E-state index in [1.54, 1.807) is 30.6 Å². The van der Waals surface area contributed by atoms with Gasteiger partial charge < -0.3 is 19.7 Å². The largest absolute Gasteiger partial charge is 0.490 e. The minimum absolute atomic E-state index is 0.0380. The molecule has 252 valence electrons. The summed E-state index contributed by atoms with van der Waals surface area (Å²) in [4.78, 5) is 58.7. The number of hydrogen-bond donors (Lipinski definition) is 2. The van der Waals surface area contributed by atoms with E-state index in [-0.39, 0.29) is 47.4 Å². The quantitative estimate of drug-likeness (QED) is 0.155. The molecular weight excluding hydrogens is 622 g/mol. The Morgan fingerprint density at radius 2 is 1.65 bits per heavy atom. The minimum atomic E-state index is -0.779. The first-order chi connectivity index (χ1) is 23.5. The second-order valence-corrected chi connectivity index (χ2v) is 13.1. The molecule has 49 heavy (non-hydrogen) atoms. The van der Waals surface area contributed by atoms with Gasteiger partial charge >= 0.3 is 0 Å². The molecule has 3 aromatic carbocycles. The molecule has 0 bridgehead atoms. The van der Waals surface area contributed by atoms with E-state index in [0.717, 1.165) is 35.4 Å². The van der Waals surface area contributed by atoms with Gasteiger partial charge in [0.2, 0.25) is 17.7 Å². The van der Waals surface area contributed by atoms with Gasteiger partial charge in [-0.25, -0.2) is 4.98 Å². The number of piperidine rings is 1. The fourth-order valence-electron chi connectivity index (χ4n) is 6.19. The van der Waals surface area contributed by atoms with Crippen molar-refractivity contribution < 1.29 is 28.7 Å². The summed E-state index contributed by atoms with van der Waals surface area (Å²) < 4.78 is 12.1. The molecule has 1 saturated carbocycles. The number of anilines is 1. The molecule has 2 heterocycles.